The van der Waals surface area contributed by atoms with Gasteiger partial charge in [-0.2, -0.15) is 13.2 Å². The molecule has 11 heteroatoms. The Balaban J connectivity index is 1.62. The molecule has 1 N–H and O–H groups in total. The van der Waals surface area contributed by atoms with Gasteiger partial charge in [0.15, 0.2) is 0 Å². The van der Waals surface area contributed by atoms with E-state index in [1.165, 1.54) is 16.0 Å². The van der Waals surface area contributed by atoms with Crippen molar-refractivity contribution in [1.29, 1.82) is 0 Å². The van der Waals surface area contributed by atoms with E-state index in [9.17, 15) is 22.8 Å². The lowest BCUT2D eigenvalue weighted by Gasteiger charge is -2.43. The third kappa shape index (κ3) is 3.35. The van der Waals surface area contributed by atoms with Gasteiger partial charge in [0.25, 0.3) is 0 Å². The maximum absolute atomic E-state index is 13.9. The van der Waals surface area contributed by atoms with E-state index in [0.717, 1.165) is 12.1 Å². The molecule has 3 aliphatic rings. The normalized spacial score (nSPS) is 20.9. The van der Waals surface area contributed by atoms with E-state index < -0.39 is 35.8 Å². The van der Waals surface area contributed by atoms with Gasteiger partial charge in [-0.1, -0.05) is 23.7 Å². The fourth-order valence-corrected chi connectivity index (χ4v) is 4.96. The maximum Gasteiger partial charge on any atom is 0.416 e. The zero-order valence-electron chi connectivity index (χ0n) is 17.8. The van der Waals surface area contributed by atoms with Crippen LogP contribution in [0.2, 0.25) is 5.02 Å². The average molecular weight is 498 g/mol. The van der Waals surface area contributed by atoms with E-state index in [2.05, 4.69) is 10.3 Å². The van der Waals surface area contributed by atoms with Gasteiger partial charge in [0.1, 0.15) is 18.4 Å². The molecule has 0 fully saturated rings. The lowest BCUT2D eigenvalue weighted by atomic mass is 9.88. The Morgan fingerprint density at radius 1 is 1.09 bits per heavy atom. The van der Waals surface area contributed by atoms with Crippen molar-refractivity contribution in [2.75, 3.05) is 16.8 Å². The summed E-state index contributed by atoms with van der Waals surface area (Å²) in [6.07, 6.45) is -1.56. The molecule has 3 aliphatic heterocycles. The van der Waals surface area contributed by atoms with Crippen molar-refractivity contribution >= 4 is 40.7 Å². The Labute approximate surface area is 201 Å². The predicted octanol–water partition coefficient (Wildman–Crippen LogP) is 5.19. The summed E-state index contributed by atoms with van der Waals surface area (Å²) in [5, 5.41) is 2.99. The second-order valence-corrected chi connectivity index (χ2v) is 8.82. The van der Waals surface area contributed by atoms with Gasteiger partial charge in [-0.15, -0.1) is 0 Å². The molecule has 1 aromatic heterocycles. The van der Waals surface area contributed by atoms with Gasteiger partial charge >= 0.3 is 12.2 Å². The minimum absolute atomic E-state index is 0.0521. The number of rotatable bonds is 2. The fraction of sp³-hybridized carbons (Fsp3) is 0.167. The van der Waals surface area contributed by atoms with E-state index in [1.54, 1.807) is 42.6 Å². The average Bonchev–Trinajstić information content (AvgIpc) is 3.23. The summed E-state index contributed by atoms with van der Waals surface area (Å²) in [5.41, 5.74) is 0.730. The number of amidine groups is 1. The largest absolute Gasteiger partial charge is 0.416 e. The first kappa shape index (κ1) is 21.6. The van der Waals surface area contributed by atoms with Crippen LogP contribution in [0, 0.1) is 0 Å². The number of aliphatic imine (C=N–C) groups is 1. The molecule has 35 heavy (non-hydrogen) atoms. The molecule has 176 valence electrons. The zero-order chi connectivity index (χ0) is 24.5. The minimum Gasteiger partial charge on any atom is -0.323 e. The molecular formula is C24H15ClF3N5O2. The molecule has 0 aliphatic carbocycles. The van der Waals surface area contributed by atoms with E-state index in [-0.39, 0.29) is 29.3 Å². The number of pyridine rings is 1. The van der Waals surface area contributed by atoms with Crippen LogP contribution < -0.4 is 10.2 Å². The van der Waals surface area contributed by atoms with Gasteiger partial charge in [0, 0.05) is 28.5 Å². The van der Waals surface area contributed by atoms with E-state index in [4.69, 9.17) is 16.6 Å². The third-order valence-electron chi connectivity index (χ3n) is 6.27. The number of halogens is 4. The first-order chi connectivity index (χ1) is 16.7. The van der Waals surface area contributed by atoms with Gasteiger partial charge in [-0.05, 0) is 42.0 Å². The number of carbonyl (C=O) groups excluding carboxylic acids is 2. The van der Waals surface area contributed by atoms with Gasteiger partial charge in [-0.3, -0.25) is 24.6 Å². The number of nitrogens with zero attached hydrogens (tertiary/aromatic N) is 4. The van der Waals surface area contributed by atoms with Crippen molar-refractivity contribution in [1.82, 2.24) is 9.88 Å². The van der Waals surface area contributed by atoms with Crippen LogP contribution in [-0.4, -0.2) is 34.2 Å². The summed E-state index contributed by atoms with van der Waals surface area (Å²) in [6, 6.07) is 9.97. The number of aromatic nitrogens is 1. The number of hydrogen-bond donors (Lipinski definition) is 1. The summed E-state index contributed by atoms with van der Waals surface area (Å²) >= 11 is 6.05. The third-order valence-corrected chi connectivity index (χ3v) is 6.52. The molecule has 6 rings (SSSR count). The summed E-state index contributed by atoms with van der Waals surface area (Å²) in [4.78, 5) is 37.6. The Hall–Kier alpha value is -3.92. The molecule has 0 saturated heterocycles. The van der Waals surface area contributed by atoms with Gasteiger partial charge in [-0.25, -0.2) is 4.79 Å². The Kier molecular flexibility index (Phi) is 4.65. The van der Waals surface area contributed by atoms with Crippen molar-refractivity contribution in [3.63, 3.8) is 0 Å². The number of hydrogen-bond acceptors (Lipinski definition) is 4. The summed E-state index contributed by atoms with van der Waals surface area (Å²) < 4.78 is 41.6. The molecule has 0 spiro atoms. The number of benzene rings is 2. The van der Waals surface area contributed by atoms with Gasteiger partial charge in [0.05, 0.1) is 23.0 Å². The monoisotopic (exact) mass is 497 g/mol. The van der Waals surface area contributed by atoms with Gasteiger partial charge in [0.2, 0.25) is 5.91 Å². The van der Waals surface area contributed by atoms with Crippen molar-refractivity contribution in [3.8, 4) is 0 Å². The van der Waals surface area contributed by atoms with Crippen molar-refractivity contribution in [3.05, 3.63) is 88.2 Å². The number of carbonyl (C=O) groups is 2. The Bertz CT molecular complexity index is 1410. The quantitative estimate of drug-likeness (QED) is 0.529. The highest BCUT2D eigenvalue weighted by Gasteiger charge is 2.51. The first-order valence-electron chi connectivity index (χ1n) is 10.6. The van der Waals surface area contributed by atoms with Crippen LogP contribution in [0.25, 0.3) is 0 Å². The number of urea groups is 1. The zero-order valence-corrected chi connectivity index (χ0v) is 18.5. The van der Waals surface area contributed by atoms with Crippen LogP contribution in [0.5, 0.6) is 0 Å². The summed E-state index contributed by atoms with van der Waals surface area (Å²) in [7, 11) is 0. The lowest BCUT2D eigenvalue weighted by molar-refractivity contribution is -0.137. The summed E-state index contributed by atoms with van der Waals surface area (Å²) in [5.74, 6) is -0.313. The molecule has 0 saturated carbocycles. The van der Waals surface area contributed by atoms with Crippen molar-refractivity contribution in [2.45, 2.75) is 18.3 Å². The molecule has 2 atom stereocenters. The molecule has 7 nitrogen and oxygen atoms in total. The predicted molar refractivity (Wildman–Crippen MR) is 122 cm³/mol. The van der Waals surface area contributed by atoms with E-state index in [0.29, 0.717) is 16.1 Å². The highest BCUT2D eigenvalue weighted by Crippen LogP contribution is 2.53. The number of fused-ring (bicyclic) bond motifs is 2. The smallest absolute Gasteiger partial charge is 0.323 e. The standard InChI is InChI=1S/C24H15ClF3N5O2/c25-15-5-3-12(4-6-15)19-21-16-8-14(24(26,27)28)9-17-20(16)32(11-18(34)30-17)23(35)33(21)22(31-19)13-2-1-7-29-10-13/h1-10,19,21H,11H2,(H,30,34). The maximum atomic E-state index is 13.9. The number of alkyl halides is 3. The number of nitrogens with one attached hydrogen (secondary N) is 1. The Morgan fingerprint density at radius 3 is 2.54 bits per heavy atom. The molecule has 0 radical (unpaired) electrons. The van der Waals surface area contributed by atoms with Crippen LogP contribution in [0.1, 0.15) is 34.3 Å². The van der Waals surface area contributed by atoms with Crippen molar-refractivity contribution in [2.24, 2.45) is 4.99 Å². The van der Waals surface area contributed by atoms with Crippen molar-refractivity contribution < 1.29 is 22.8 Å². The van der Waals surface area contributed by atoms with Crippen LogP contribution in [-0.2, 0) is 11.0 Å². The highest BCUT2D eigenvalue weighted by molar-refractivity contribution is 6.30. The van der Waals surface area contributed by atoms with Crippen LogP contribution in [0.15, 0.2) is 65.9 Å². The molecule has 3 amide bonds. The molecule has 2 aromatic carbocycles. The molecule has 0 bridgehead atoms. The second kappa shape index (κ2) is 7.54. The molecule has 4 heterocycles. The Morgan fingerprint density at radius 2 is 1.86 bits per heavy atom. The minimum atomic E-state index is -4.66. The van der Waals surface area contributed by atoms with Crippen LogP contribution in [0.4, 0.5) is 29.3 Å². The van der Waals surface area contributed by atoms with Crippen LogP contribution >= 0.6 is 11.6 Å². The molecule has 3 aromatic rings. The number of anilines is 2. The topological polar surface area (TPSA) is 77.9 Å². The second-order valence-electron chi connectivity index (χ2n) is 8.38. The van der Waals surface area contributed by atoms with E-state index >= 15 is 0 Å². The summed E-state index contributed by atoms with van der Waals surface area (Å²) in [6.45, 7) is -0.320. The SMILES string of the molecule is O=C1CN2C(=O)N3C(c4cccnc4)=NC(c4ccc(Cl)cc4)C3c3cc(C(F)(F)F)cc(c32)N1. The van der Waals surface area contributed by atoms with Crippen LogP contribution in [0.3, 0.4) is 0 Å². The van der Waals surface area contributed by atoms with Gasteiger partial charge < -0.3 is 5.32 Å². The fourth-order valence-electron chi connectivity index (χ4n) is 4.83. The van der Waals surface area contributed by atoms with E-state index in [1.807, 2.05) is 0 Å². The lowest BCUT2D eigenvalue weighted by Crippen LogP contribution is -2.54. The molecular weight excluding hydrogens is 483 g/mol. The molecule has 2 unspecified atom stereocenters. The first-order valence-corrected chi connectivity index (χ1v) is 11.0. The highest BCUT2D eigenvalue weighted by atomic mass is 35.5. The number of amides is 3.